The molecule has 0 spiro atoms. The van der Waals surface area contributed by atoms with Crippen LogP contribution in [-0.2, 0) is 18.0 Å². The number of hydrogen-bond donors (Lipinski definition) is 0. The minimum Gasteiger partial charge on any atom is -0.591 e. The molecule has 0 aliphatic carbocycles. The van der Waals surface area contributed by atoms with Crippen LogP contribution in [0.4, 0.5) is 0 Å². The highest BCUT2D eigenvalue weighted by Crippen LogP contribution is 2.20. The zero-order chi connectivity index (χ0) is 16.9. The summed E-state index contributed by atoms with van der Waals surface area (Å²) in [6, 6.07) is 17.8. The summed E-state index contributed by atoms with van der Waals surface area (Å²) in [5.41, 5.74) is 2.80. The Morgan fingerprint density at radius 2 is 1.78 bits per heavy atom. The highest BCUT2D eigenvalue weighted by atomic mass is 32.2. The van der Waals surface area contributed by atoms with Gasteiger partial charge in [-0.1, -0.05) is 46.9 Å². The summed E-state index contributed by atoms with van der Waals surface area (Å²) in [6.07, 6.45) is 0. The van der Waals surface area contributed by atoms with Crippen molar-refractivity contribution in [1.82, 2.24) is 0 Å². The molecule has 0 fully saturated rings. The number of hydrogen-bond acceptors (Lipinski definition) is 3. The Labute approximate surface area is 141 Å². The van der Waals surface area contributed by atoms with Gasteiger partial charge in [-0.2, -0.15) is 0 Å². The van der Waals surface area contributed by atoms with Crippen molar-refractivity contribution in [3.05, 3.63) is 65.7 Å². The van der Waals surface area contributed by atoms with E-state index < -0.39 is 11.4 Å². The Balaban J connectivity index is 2.09. The van der Waals surface area contributed by atoms with Gasteiger partial charge in [-0.05, 0) is 45.4 Å². The molecule has 0 heterocycles. The van der Waals surface area contributed by atoms with E-state index in [0.29, 0.717) is 6.61 Å². The van der Waals surface area contributed by atoms with Crippen molar-refractivity contribution in [3.63, 3.8) is 0 Å². The average molecular weight is 329 g/mol. The van der Waals surface area contributed by atoms with Crippen LogP contribution in [0.25, 0.3) is 0 Å². The number of rotatable bonds is 5. The molecule has 3 nitrogen and oxygen atoms in total. The maximum Gasteiger partial charge on any atom is 0.144 e. The molecule has 0 unspecified atom stereocenters. The molecule has 2 rings (SSSR count). The first-order valence-corrected chi connectivity index (χ1v) is 8.71. The van der Waals surface area contributed by atoms with Gasteiger partial charge >= 0.3 is 0 Å². The summed E-state index contributed by atoms with van der Waals surface area (Å²) in [7, 11) is 0. The summed E-state index contributed by atoms with van der Waals surface area (Å²) in [5.74, 6) is 0.780. The second kappa shape index (κ2) is 7.66. The van der Waals surface area contributed by atoms with Crippen LogP contribution in [0.3, 0.4) is 0 Å². The summed E-state index contributed by atoms with van der Waals surface area (Å²) in [6.45, 7) is 8.15. The maximum atomic E-state index is 12.1. The molecule has 0 aliphatic heterocycles. The van der Waals surface area contributed by atoms with Gasteiger partial charge in [-0.3, -0.25) is 0 Å². The van der Waals surface area contributed by atoms with Crippen LogP contribution in [0.1, 0.15) is 38.8 Å². The minimum atomic E-state index is -1.26. The second-order valence-electron chi connectivity index (χ2n) is 6.34. The third-order valence-electron chi connectivity index (χ3n) is 3.24. The normalized spacial score (nSPS) is 13.7. The van der Waals surface area contributed by atoms with Crippen LogP contribution in [0.2, 0.25) is 0 Å². The molecule has 0 aliphatic rings. The molecule has 0 aromatic heterocycles. The van der Waals surface area contributed by atoms with E-state index >= 15 is 0 Å². The first-order valence-electron chi connectivity index (χ1n) is 7.61. The molecule has 0 saturated heterocycles. The smallest absolute Gasteiger partial charge is 0.144 e. The predicted molar refractivity (Wildman–Crippen MR) is 97.3 cm³/mol. The quantitative estimate of drug-likeness (QED) is 0.597. The van der Waals surface area contributed by atoms with Gasteiger partial charge in [-0.15, -0.1) is 0 Å². The topological polar surface area (TPSA) is 44.7 Å². The zero-order valence-electron chi connectivity index (χ0n) is 14.1. The highest BCUT2D eigenvalue weighted by Gasteiger charge is 2.26. The fourth-order valence-corrected chi connectivity index (χ4v) is 2.49. The van der Waals surface area contributed by atoms with E-state index in [1.807, 2.05) is 82.3 Å². The molecule has 0 N–H and O–H groups in total. The van der Waals surface area contributed by atoms with Gasteiger partial charge in [0.25, 0.3) is 0 Å². The highest BCUT2D eigenvalue weighted by molar-refractivity contribution is 7.91. The SMILES string of the molecule is C/C(=N\[S@+]([O-])C(C)(C)C)c1cccc(OCc2ccccc2)c1. The van der Waals surface area contributed by atoms with E-state index in [0.717, 1.165) is 22.6 Å². The molecule has 0 bridgehead atoms. The van der Waals surface area contributed by atoms with Gasteiger partial charge in [0, 0.05) is 5.56 Å². The molecule has 4 heteroatoms. The zero-order valence-corrected chi connectivity index (χ0v) is 14.9. The first-order chi connectivity index (χ1) is 10.9. The van der Waals surface area contributed by atoms with Crippen LogP contribution in [0, 0.1) is 0 Å². The van der Waals surface area contributed by atoms with Gasteiger partial charge in [0.05, 0.1) is 5.71 Å². The van der Waals surface area contributed by atoms with Crippen molar-refractivity contribution in [2.45, 2.75) is 39.0 Å². The Kier molecular flexibility index (Phi) is 5.85. The third kappa shape index (κ3) is 5.41. The number of ether oxygens (including phenoxy) is 1. The Bertz CT molecular complexity index is 663. The van der Waals surface area contributed by atoms with E-state index in [4.69, 9.17) is 4.74 Å². The van der Waals surface area contributed by atoms with Gasteiger partial charge in [0.15, 0.2) is 0 Å². The molecule has 0 radical (unpaired) electrons. The van der Waals surface area contributed by atoms with E-state index in [2.05, 4.69) is 4.40 Å². The third-order valence-corrected chi connectivity index (χ3v) is 4.73. The van der Waals surface area contributed by atoms with Crippen LogP contribution in [-0.4, -0.2) is 15.0 Å². The van der Waals surface area contributed by atoms with Crippen molar-refractivity contribution in [2.75, 3.05) is 0 Å². The van der Waals surface area contributed by atoms with Crippen molar-refractivity contribution in [3.8, 4) is 5.75 Å². The average Bonchev–Trinajstić information content (AvgIpc) is 2.53. The van der Waals surface area contributed by atoms with E-state index in [1.54, 1.807) is 0 Å². The van der Waals surface area contributed by atoms with Gasteiger partial charge in [0.1, 0.15) is 28.5 Å². The first kappa shape index (κ1) is 17.6. The second-order valence-corrected chi connectivity index (χ2v) is 8.25. The molecular weight excluding hydrogens is 306 g/mol. The Morgan fingerprint density at radius 3 is 2.43 bits per heavy atom. The van der Waals surface area contributed by atoms with Crippen LogP contribution in [0.5, 0.6) is 5.75 Å². The Morgan fingerprint density at radius 1 is 1.09 bits per heavy atom. The molecule has 23 heavy (non-hydrogen) atoms. The summed E-state index contributed by atoms with van der Waals surface area (Å²) >= 11 is -1.26. The molecular formula is C19H23NO2S. The molecule has 0 amide bonds. The molecule has 1 atom stereocenters. The monoisotopic (exact) mass is 329 g/mol. The largest absolute Gasteiger partial charge is 0.591 e. The maximum absolute atomic E-state index is 12.1. The predicted octanol–water partition coefficient (Wildman–Crippen LogP) is 4.54. The van der Waals surface area contributed by atoms with Crippen molar-refractivity contribution in [1.29, 1.82) is 0 Å². The van der Waals surface area contributed by atoms with Crippen LogP contribution in [0.15, 0.2) is 59.0 Å². The minimum absolute atomic E-state index is 0.358. The van der Waals surface area contributed by atoms with Gasteiger partial charge < -0.3 is 9.29 Å². The van der Waals surface area contributed by atoms with E-state index in [9.17, 15) is 4.55 Å². The molecule has 2 aromatic carbocycles. The van der Waals surface area contributed by atoms with Crippen LogP contribution >= 0.6 is 0 Å². The standard InChI is InChI=1S/C19H23NO2S/c1-15(20-23(21)19(2,3)4)17-11-8-12-18(13-17)22-14-16-9-6-5-7-10-16/h5-13H,14H2,1-4H3/b20-15+/t23-/m1/s1. The molecule has 2 aromatic rings. The lowest BCUT2D eigenvalue weighted by atomic mass is 10.1. The lowest BCUT2D eigenvalue weighted by molar-refractivity contribution is 0.306. The summed E-state index contributed by atoms with van der Waals surface area (Å²) in [5, 5.41) is 0. The van der Waals surface area contributed by atoms with Crippen LogP contribution < -0.4 is 4.74 Å². The van der Waals surface area contributed by atoms with Gasteiger partial charge in [-0.25, -0.2) is 0 Å². The lowest BCUT2D eigenvalue weighted by Gasteiger charge is -2.18. The van der Waals surface area contributed by atoms with E-state index in [-0.39, 0.29) is 4.75 Å². The Hall–Kier alpha value is -1.78. The lowest BCUT2D eigenvalue weighted by Crippen LogP contribution is -2.26. The number of nitrogens with zero attached hydrogens (tertiary/aromatic N) is 1. The fraction of sp³-hybridized carbons (Fsp3) is 0.316. The number of benzene rings is 2. The van der Waals surface area contributed by atoms with E-state index in [1.165, 1.54) is 0 Å². The summed E-state index contributed by atoms with van der Waals surface area (Å²) in [4.78, 5) is 0. The molecule has 0 saturated carbocycles. The fourth-order valence-electron chi connectivity index (χ4n) is 1.87. The van der Waals surface area contributed by atoms with Crippen molar-refractivity contribution >= 4 is 17.1 Å². The van der Waals surface area contributed by atoms with Crippen molar-refractivity contribution in [2.24, 2.45) is 4.40 Å². The summed E-state index contributed by atoms with van der Waals surface area (Å²) < 4.78 is 21.9. The van der Waals surface area contributed by atoms with Gasteiger partial charge in [0.2, 0.25) is 0 Å². The molecule has 122 valence electrons. The van der Waals surface area contributed by atoms with Crippen molar-refractivity contribution < 1.29 is 9.29 Å².